The smallest absolute Gasteiger partial charge is 0.335 e. The molecule has 0 spiro atoms. The minimum atomic E-state index is -1.92. The first-order valence-corrected chi connectivity index (χ1v) is 27.9. The highest BCUT2D eigenvalue weighted by atomic mass is 16.7. The minimum Gasteiger partial charge on any atom is -0.479 e. The number of carbonyl (C=O) groups is 4. The number of aliphatic hydroxyl groups is 2. The Morgan fingerprint density at radius 1 is 0.493 bits per heavy atom. The average Bonchev–Trinajstić information content (AvgIpc) is 3.35. The van der Waals surface area contributed by atoms with Gasteiger partial charge in [0.25, 0.3) is 0 Å². The highest BCUT2D eigenvalue weighted by Crippen LogP contribution is 2.26. The number of carboxylic acid groups (broad SMARTS) is 1. The molecule has 1 rings (SSSR count). The van der Waals surface area contributed by atoms with Crippen LogP contribution in [0.4, 0.5) is 0 Å². The summed E-state index contributed by atoms with van der Waals surface area (Å²) < 4.78 is 28.2. The van der Waals surface area contributed by atoms with E-state index in [0.29, 0.717) is 19.3 Å². The summed E-state index contributed by atoms with van der Waals surface area (Å²) in [7, 11) is 0. The lowest BCUT2D eigenvalue weighted by atomic mass is 9.98. The fourth-order valence-corrected chi connectivity index (χ4v) is 8.02. The average molecular weight is 999 g/mol. The first kappa shape index (κ1) is 65.2. The fraction of sp³-hybridized carbons (Fsp3) is 0.729. The molecule has 0 aromatic rings. The van der Waals surface area contributed by atoms with Crippen molar-refractivity contribution < 1.29 is 58.2 Å². The Morgan fingerprint density at radius 2 is 0.930 bits per heavy atom. The maximum absolute atomic E-state index is 13.1. The molecule has 1 fully saturated rings. The van der Waals surface area contributed by atoms with E-state index in [1.54, 1.807) is 6.08 Å². The van der Waals surface area contributed by atoms with Crippen molar-refractivity contribution in [2.75, 3.05) is 13.2 Å². The van der Waals surface area contributed by atoms with Gasteiger partial charge in [0.15, 0.2) is 24.6 Å². The molecular weight excluding hydrogens is 901 g/mol. The molecule has 1 aliphatic heterocycles. The van der Waals surface area contributed by atoms with Crippen molar-refractivity contribution in [2.24, 2.45) is 0 Å². The van der Waals surface area contributed by atoms with Crippen LogP contribution in [0.25, 0.3) is 0 Å². The molecule has 71 heavy (non-hydrogen) atoms. The predicted octanol–water partition coefficient (Wildman–Crippen LogP) is 13.8. The summed E-state index contributed by atoms with van der Waals surface area (Å²) in [5.41, 5.74) is 0. The van der Waals surface area contributed by atoms with Crippen LogP contribution in [-0.2, 0) is 42.9 Å². The van der Waals surface area contributed by atoms with E-state index in [9.17, 15) is 34.5 Å². The number of esters is 3. The first-order valence-electron chi connectivity index (χ1n) is 27.9. The molecule has 3 N–H and O–H groups in total. The van der Waals surface area contributed by atoms with Crippen LogP contribution in [0.2, 0.25) is 0 Å². The third-order valence-corrected chi connectivity index (χ3v) is 12.3. The van der Waals surface area contributed by atoms with Crippen molar-refractivity contribution in [3.05, 3.63) is 72.9 Å². The van der Waals surface area contributed by atoms with Gasteiger partial charge in [-0.15, -0.1) is 0 Å². The monoisotopic (exact) mass is 999 g/mol. The van der Waals surface area contributed by atoms with Crippen LogP contribution in [0, 0.1) is 0 Å². The highest BCUT2D eigenvalue weighted by molar-refractivity contribution is 5.74. The molecule has 6 unspecified atom stereocenters. The SMILES string of the molecule is CC/C=C\C/C=C\C/C=C\C/C=C\C/C=C\CC(=O)OCC(COC1OC(C(=O)O)C(O)C(O)C1OC(=O)CCCCCCC/C=C\CCCCCC)OC(=O)CCCCCCCCCCCCCCC. The zero-order valence-electron chi connectivity index (χ0n) is 44.4. The number of hydrogen-bond acceptors (Lipinski definition) is 11. The van der Waals surface area contributed by atoms with E-state index in [1.165, 1.54) is 83.5 Å². The summed E-state index contributed by atoms with van der Waals surface area (Å²) in [6, 6.07) is 0. The molecule has 0 bridgehead atoms. The third-order valence-electron chi connectivity index (χ3n) is 12.3. The van der Waals surface area contributed by atoms with Crippen LogP contribution < -0.4 is 0 Å². The maximum Gasteiger partial charge on any atom is 0.335 e. The summed E-state index contributed by atoms with van der Waals surface area (Å²) in [4.78, 5) is 50.9. The van der Waals surface area contributed by atoms with Gasteiger partial charge < -0.3 is 39.0 Å². The Labute approximate surface area is 429 Å². The molecule has 1 saturated heterocycles. The molecule has 0 saturated carbocycles. The van der Waals surface area contributed by atoms with Crippen LogP contribution in [0.3, 0.4) is 0 Å². The fourth-order valence-electron chi connectivity index (χ4n) is 8.02. The Kier molecular flexibility index (Phi) is 43.3. The van der Waals surface area contributed by atoms with Gasteiger partial charge in [-0.25, -0.2) is 4.79 Å². The van der Waals surface area contributed by atoms with Gasteiger partial charge in [-0.2, -0.15) is 0 Å². The van der Waals surface area contributed by atoms with Gasteiger partial charge in [0.2, 0.25) is 0 Å². The molecule has 1 aliphatic rings. The van der Waals surface area contributed by atoms with E-state index in [1.807, 2.05) is 12.2 Å². The third kappa shape index (κ3) is 37.6. The predicted molar refractivity (Wildman–Crippen MR) is 285 cm³/mol. The summed E-state index contributed by atoms with van der Waals surface area (Å²) in [6.45, 7) is 5.75. The Bertz CT molecular complexity index is 1510. The van der Waals surface area contributed by atoms with Gasteiger partial charge in [0.1, 0.15) is 18.8 Å². The second-order valence-electron chi connectivity index (χ2n) is 18.9. The summed E-state index contributed by atoms with van der Waals surface area (Å²) in [5.74, 6) is -3.29. The van der Waals surface area contributed by atoms with Crippen molar-refractivity contribution in [2.45, 2.75) is 263 Å². The number of carbonyl (C=O) groups excluding carboxylic acids is 3. The van der Waals surface area contributed by atoms with Crippen LogP contribution in [0.1, 0.15) is 226 Å². The lowest BCUT2D eigenvalue weighted by molar-refractivity contribution is -0.301. The van der Waals surface area contributed by atoms with Gasteiger partial charge >= 0.3 is 23.9 Å². The van der Waals surface area contributed by atoms with Crippen LogP contribution >= 0.6 is 0 Å². The molecule has 0 aliphatic carbocycles. The molecular formula is C59H98O12. The van der Waals surface area contributed by atoms with Crippen molar-refractivity contribution in [1.29, 1.82) is 0 Å². The van der Waals surface area contributed by atoms with Crippen molar-refractivity contribution >= 4 is 23.9 Å². The first-order chi connectivity index (χ1) is 34.6. The lowest BCUT2D eigenvalue weighted by Crippen LogP contribution is -2.61. The zero-order valence-corrected chi connectivity index (χ0v) is 44.4. The van der Waals surface area contributed by atoms with Crippen LogP contribution in [0.15, 0.2) is 72.9 Å². The zero-order chi connectivity index (χ0) is 51.8. The van der Waals surface area contributed by atoms with Gasteiger partial charge in [-0.05, 0) is 70.6 Å². The molecule has 12 heteroatoms. The largest absolute Gasteiger partial charge is 0.479 e. The Hall–Kier alpha value is -3.84. The molecule has 0 aromatic heterocycles. The van der Waals surface area contributed by atoms with E-state index >= 15 is 0 Å². The van der Waals surface area contributed by atoms with Crippen LogP contribution in [-0.4, -0.2) is 89.2 Å². The van der Waals surface area contributed by atoms with E-state index in [0.717, 1.165) is 83.5 Å². The second kappa shape index (κ2) is 47.2. The number of rotatable bonds is 46. The highest BCUT2D eigenvalue weighted by Gasteiger charge is 2.50. The maximum atomic E-state index is 13.1. The van der Waals surface area contributed by atoms with E-state index < -0.39 is 67.3 Å². The van der Waals surface area contributed by atoms with Crippen LogP contribution in [0.5, 0.6) is 0 Å². The van der Waals surface area contributed by atoms with Crippen molar-refractivity contribution in [3.63, 3.8) is 0 Å². The van der Waals surface area contributed by atoms with E-state index in [2.05, 4.69) is 75.5 Å². The van der Waals surface area contributed by atoms with Gasteiger partial charge in [-0.3, -0.25) is 14.4 Å². The summed E-state index contributed by atoms with van der Waals surface area (Å²) >= 11 is 0. The molecule has 0 amide bonds. The molecule has 406 valence electrons. The topological polar surface area (TPSA) is 175 Å². The molecule has 6 atom stereocenters. The number of allylic oxidation sites excluding steroid dienone is 11. The number of aliphatic hydroxyl groups excluding tert-OH is 2. The van der Waals surface area contributed by atoms with Gasteiger partial charge in [0.05, 0.1) is 13.0 Å². The van der Waals surface area contributed by atoms with Crippen molar-refractivity contribution in [3.8, 4) is 0 Å². The lowest BCUT2D eigenvalue weighted by Gasteiger charge is -2.40. The normalized spacial score (nSPS) is 19.0. The summed E-state index contributed by atoms with van der Waals surface area (Å²) in [5, 5.41) is 31.4. The number of unbranched alkanes of at least 4 members (excludes halogenated alkanes) is 21. The summed E-state index contributed by atoms with van der Waals surface area (Å²) in [6.07, 6.45) is 46.2. The van der Waals surface area contributed by atoms with E-state index in [4.69, 9.17) is 23.7 Å². The molecule has 1 heterocycles. The number of carboxylic acids is 1. The molecule has 0 radical (unpaired) electrons. The van der Waals surface area contributed by atoms with E-state index in [-0.39, 0.29) is 25.9 Å². The number of aliphatic carboxylic acids is 1. The second-order valence-corrected chi connectivity index (χ2v) is 18.9. The Balaban J connectivity index is 2.77. The quantitative estimate of drug-likeness (QED) is 0.0228. The Morgan fingerprint density at radius 3 is 1.42 bits per heavy atom. The van der Waals surface area contributed by atoms with Gasteiger partial charge in [0, 0.05) is 12.8 Å². The molecule has 12 nitrogen and oxygen atoms in total. The number of hydrogen-bond donors (Lipinski definition) is 3. The number of ether oxygens (including phenoxy) is 5. The molecule has 0 aromatic carbocycles. The van der Waals surface area contributed by atoms with Gasteiger partial charge in [-0.1, -0.05) is 209 Å². The van der Waals surface area contributed by atoms with Crippen molar-refractivity contribution in [1.82, 2.24) is 0 Å². The minimum absolute atomic E-state index is 0.0151. The standard InChI is InChI=1S/C59H98O12/c1-4-7-10-13-16-19-22-25-26-29-30-33-36-39-42-45-51(60)67-48-50(69-52(61)46-43-40-37-34-31-27-23-20-17-14-11-8-5-2)49-68-59-57(55(64)54(63)56(71-59)58(65)66)70-53(62)47-44-41-38-35-32-28-24-21-18-15-12-9-6-3/h7,10,16,19,21,24-26,30,33,39,42,50,54-57,59,63-64H,4-6,8-9,11-15,17-18,20,22-23,27-29,31-32,34-38,40-41,43-49H2,1-3H3,(H,65,66)/b10-7-,19-16-,24-21-,26-25-,33-30-,42-39-.